The zero-order valence-corrected chi connectivity index (χ0v) is 15.1. The van der Waals surface area contributed by atoms with Gasteiger partial charge in [-0.15, -0.1) is 11.8 Å². The summed E-state index contributed by atoms with van der Waals surface area (Å²) in [6.45, 7) is 0.756. The van der Waals surface area contributed by atoms with E-state index in [-0.39, 0.29) is 17.4 Å². The molecule has 8 heteroatoms. The van der Waals surface area contributed by atoms with Crippen molar-refractivity contribution in [1.29, 1.82) is 0 Å². The molecule has 2 aromatic rings. The van der Waals surface area contributed by atoms with Crippen LogP contribution in [0.5, 0.6) is 0 Å². The van der Waals surface area contributed by atoms with E-state index in [0.29, 0.717) is 9.92 Å². The van der Waals surface area contributed by atoms with Crippen LogP contribution in [0.2, 0.25) is 5.02 Å². The van der Waals surface area contributed by atoms with Gasteiger partial charge in [-0.1, -0.05) is 11.6 Å². The molecule has 1 aliphatic rings. The highest BCUT2D eigenvalue weighted by atomic mass is 35.5. The number of hydrogen-bond acceptors (Lipinski definition) is 3. The van der Waals surface area contributed by atoms with Crippen LogP contribution in [0.1, 0.15) is 23.2 Å². The normalized spacial score (nSPS) is 16.7. The van der Waals surface area contributed by atoms with Crippen LogP contribution in [-0.4, -0.2) is 24.4 Å². The maximum atomic E-state index is 13.3. The Balaban J connectivity index is 1.71. The molecule has 1 fully saturated rings. The van der Waals surface area contributed by atoms with E-state index in [0.717, 1.165) is 37.3 Å². The van der Waals surface area contributed by atoms with Gasteiger partial charge in [0.05, 0.1) is 11.1 Å². The third-order valence-electron chi connectivity index (χ3n) is 3.88. The van der Waals surface area contributed by atoms with Crippen molar-refractivity contribution in [3.8, 4) is 0 Å². The molecule has 1 aliphatic heterocycles. The first-order valence-electron chi connectivity index (χ1n) is 7.94. The van der Waals surface area contributed by atoms with E-state index in [1.54, 1.807) is 12.1 Å². The largest absolute Gasteiger partial charge is 0.377 e. The van der Waals surface area contributed by atoms with Gasteiger partial charge in [0, 0.05) is 40.6 Å². The molecule has 1 saturated heterocycles. The lowest BCUT2D eigenvalue weighted by Gasteiger charge is -2.11. The molecule has 26 heavy (non-hydrogen) atoms. The average molecular weight is 402 g/mol. The van der Waals surface area contributed by atoms with Crippen molar-refractivity contribution in [2.45, 2.75) is 23.8 Å². The maximum Gasteiger partial charge on any atom is 0.255 e. The van der Waals surface area contributed by atoms with Crippen LogP contribution in [0, 0.1) is 17.5 Å². The van der Waals surface area contributed by atoms with Crippen LogP contribution >= 0.6 is 23.4 Å². The number of carbonyl (C=O) groups is 1. The van der Waals surface area contributed by atoms with Crippen LogP contribution in [-0.2, 0) is 4.74 Å². The molecular formula is C18H15ClF3NO2S. The first-order valence-corrected chi connectivity index (χ1v) is 9.30. The molecule has 1 heterocycles. The molecule has 2 aromatic carbocycles. The number of carbonyl (C=O) groups excluding carboxylic acids is 1. The van der Waals surface area contributed by atoms with Crippen LogP contribution < -0.4 is 5.32 Å². The Kier molecular flexibility index (Phi) is 6.11. The summed E-state index contributed by atoms with van der Waals surface area (Å²) in [4.78, 5) is 13.0. The lowest BCUT2D eigenvalue weighted by molar-refractivity contribution is 0.102. The smallest absolute Gasteiger partial charge is 0.255 e. The number of hydrogen-bond donors (Lipinski definition) is 1. The van der Waals surface area contributed by atoms with E-state index in [2.05, 4.69) is 5.32 Å². The third kappa shape index (κ3) is 4.52. The minimum Gasteiger partial charge on any atom is -0.377 e. The highest BCUT2D eigenvalue weighted by Gasteiger charge is 2.18. The van der Waals surface area contributed by atoms with E-state index in [4.69, 9.17) is 16.3 Å². The van der Waals surface area contributed by atoms with Gasteiger partial charge >= 0.3 is 0 Å². The molecule has 1 atom stereocenters. The quantitative estimate of drug-likeness (QED) is 0.547. The zero-order valence-electron chi connectivity index (χ0n) is 13.5. The molecule has 1 amide bonds. The van der Waals surface area contributed by atoms with E-state index in [1.807, 2.05) is 0 Å². The zero-order chi connectivity index (χ0) is 18.7. The first kappa shape index (κ1) is 19.1. The van der Waals surface area contributed by atoms with E-state index < -0.39 is 23.4 Å². The number of benzene rings is 2. The van der Waals surface area contributed by atoms with Crippen LogP contribution in [0.3, 0.4) is 0 Å². The lowest BCUT2D eigenvalue weighted by Crippen LogP contribution is -2.13. The molecule has 3 nitrogen and oxygen atoms in total. The van der Waals surface area contributed by atoms with Gasteiger partial charge in [0.1, 0.15) is 0 Å². The van der Waals surface area contributed by atoms with Crippen LogP contribution in [0.4, 0.5) is 18.9 Å². The van der Waals surface area contributed by atoms with Gasteiger partial charge in [-0.25, -0.2) is 13.2 Å². The number of amides is 1. The Labute approximate surface area is 157 Å². The summed E-state index contributed by atoms with van der Waals surface area (Å²) in [5, 5.41) is 2.85. The molecule has 1 N–H and O–H groups in total. The van der Waals surface area contributed by atoms with Gasteiger partial charge in [-0.05, 0) is 31.0 Å². The number of ether oxygens (including phenoxy) is 1. The van der Waals surface area contributed by atoms with Crippen molar-refractivity contribution in [1.82, 2.24) is 0 Å². The van der Waals surface area contributed by atoms with Crippen molar-refractivity contribution in [3.05, 3.63) is 58.4 Å². The van der Waals surface area contributed by atoms with Gasteiger partial charge in [0.2, 0.25) is 0 Å². The molecule has 3 rings (SSSR count). The molecule has 0 radical (unpaired) electrons. The molecule has 138 valence electrons. The lowest BCUT2D eigenvalue weighted by atomic mass is 10.2. The summed E-state index contributed by atoms with van der Waals surface area (Å²) >= 11 is 7.65. The number of anilines is 1. The Morgan fingerprint density at radius 1 is 1.23 bits per heavy atom. The molecule has 0 spiro atoms. The third-order valence-corrected chi connectivity index (χ3v) is 5.51. The maximum absolute atomic E-state index is 13.3. The number of nitrogens with one attached hydrogen (secondary N) is 1. The summed E-state index contributed by atoms with van der Waals surface area (Å²) in [6, 6.07) is 6.14. The number of rotatable bonds is 5. The minimum atomic E-state index is -1.58. The SMILES string of the molecule is O=C(Nc1cc(F)c(F)c(F)c1)c1ccc(Cl)c(SCC2CCCO2)c1. The van der Waals surface area contributed by atoms with Gasteiger partial charge in [0.15, 0.2) is 17.5 Å². The fourth-order valence-electron chi connectivity index (χ4n) is 2.54. The van der Waals surface area contributed by atoms with Gasteiger partial charge in [-0.3, -0.25) is 4.79 Å². The Bertz CT molecular complexity index is 805. The fourth-order valence-corrected chi connectivity index (χ4v) is 3.87. The summed E-state index contributed by atoms with van der Waals surface area (Å²) < 4.78 is 45.1. The standard InChI is InChI=1S/C18H15ClF3NO2S/c19-13-4-3-10(6-16(13)26-9-12-2-1-5-25-12)18(24)23-11-7-14(20)17(22)15(21)8-11/h3-4,6-8,12H,1-2,5,9H2,(H,23,24). The van der Waals surface area contributed by atoms with Crippen molar-refractivity contribution in [3.63, 3.8) is 0 Å². The fraction of sp³-hybridized carbons (Fsp3) is 0.278. The second-order valence-corrected chi connectivity index (χ2v) is 7.27. The van der Waals surface area contributed by atoms with Gasteiger partial charge in [-0.2, -0.15) is 0 Å². The van der Waals surface area contributed by atoms with E-state index >= 15 is 0 Å². The van der Waals surface area contributed by atoms with Crippen molar-refractivity contribution < 1.29 is 22.7 Å². The van der Waals surface area contributed by atoms with Crippen molar-refractivity contribution in [2.75, 3.05) is 17.7 Å². The van der Waals surface area contributed by atoms with Gasteiger partial charge < -0.3 is 10.1 Å². The van der Waals surface area contributed by atoms with Crippen LogP contribution in [0.25, 0.3) is 0 Å². The van der Waals surface area contributed by atoms with E-state index in [1.165, 1.54) is 17.8 Å². The second kappa shape index (κ2) is 8.33. The molecule has 1 unspecified atom stereocenters. The Morgan fingerprint density at radius 3 is 2.62 bits per heavy atom. The highest BCUT2D eigenvalue weighted by Crippen LogP contribution is 2.31. The first-order chi connectivity index (χ1) is 12.4. The van der Waals surface area contributed by atoms with Crippen molar-refractivity contribution in [2.24, 2.45) is 0 Å². The second-order valence-electron chi connectivity index (χ2n) is 5.80. The monoisotopic (exact) mass is 401 g/mol. The molecule has 0 aromatic heterocycles. The Hall–Kier alpha value is -1.70. The summed E-state index contributed by atoms with van der Waals surface area (Å²) in [5.41, 5.74) is 0.101. The number of thioether (sulfide) groups is 1. The topological polar surface area (TPSA) is 38.3 Å². The molecule has 0 saturated carbocycles. The highest BCUT2D eigenvalue weighted by molar-refractivity contribution is 7.99. The van der Waals surface area contributed by atoms with E-state index in [9.17, 15) is 18.0 Å². The Morgan fingerprint density at radius 2 is 1.96 bits per heavy atom. The van der Waals surface area contributed by atoms with Crippen LogP contribution in [0.15, 0.2) is 35.2 Å². The number of halogens is 4. The summed E-state index contributed by atoms with van der Waals surface area (Å²) in [5.74, 6) is -4.18. The predicted octanol–water partition coefficient (Wildman–Crippen LogP) is 5.28. The summed E-state index contributed by atoms with van der Waals surface area (Å²) in [7, 11) is 0. The van der Waals surface area contributed by atoms with Crippen molar-refractivity contribution >= 4 is 35.0 Å². The molecule has 0 aliphatic carbocycles. The predicted molar refractivity (Wildman–Crippen MR) is 95.4 cm³/mol. The van der Waals surface area contributed by atoms with Gasteiger partial charge in [0.25, 0.3) is 5.91 Å². The minimum absolute atomic E-state index is 0.165. The summed E-state index contributed by atoms with van der Waals surface area (Å²) in [6.07, 6.45) is 2.19. The molecule has 0 bridgehead atoms. The average Bonchev–Trinajstić information content (AvgIpc) is 3.12. The molecular weight excluding hydrogens is 387 g/mol.